The topological polar surface area (TPSA) is 55.0 Å². The van der Waals surface area contributed by atoms with Gasteiger partial charge in [0.1, 0.15) is 10.7 Å². The molecule has 0 fully saturated rings. The molecular formula is C17H18N4S. The van der Waals surface area contributed by atoms with Gasteiger partial charge >= 0.3 is 0 Å². The van der Waals surface area contributed by atoms with Gasteiger partial charge in [-0.3, -0.25) is 4.90 Å². The van der Waals surface area contributed by atoms with Crippen LogP contribution in [0.2, 0.25) is 0 Å². The van der Waals surface area contributed by atoms with Crippen molar-refractivity contribution in [3.8, 4) is 0 Å². The third kappa shape index (κ3) is 3.90. The predicted octanol–water partition coefficient (Wildman–Crippen LogP) is 3.32. The highest BCUT2D eigenvalue weighted by molar-refractivity contribution is 7.09. The highest BCUT2D eigenvalue weighted by Gasteiger charge is 2.12. The minimum absolute atomic E-state index is 0.700. The Hall–Kier alpha value is -2.24. The van der Waals surface area contributed by atoms with Gasteiger partial charge in [0, 0.05) is 31.2 Å². The molecule has 0 saturated heterocycles. The van der Waals surface area contributed by atoms with Crippen molar-refractivity contribution in [3.63, 3.8) is 0 Å². The molecular weight excluding hydrogens is 292 g/mol. The van der Waals surface area contributed by atoms with Crippen molar-refractivity contribution in [1.29, 1.82) is 0 Å². The van der Waals surface area contributed by atoms with Crippen LogP contribution in [0.1, 0.15) is 16.8 Å². The molecule has 0 amide bonds. The zero-order chi connectivity index (χ0) is 15.2. The smallest absolute Gasteiger partial charge is 0.132 e. The van der Waals surface area contributed by atoms with Crippen molar-refractivity contribution in [1.82, 2.24) is 14.5 Å². The Balaban J connectivity index is 1.77. The minimum Gasteiger partial charge on any atom is -0.388 e. The number of hydrogen-bond acceptors (Lipinski definition) is 5. The average molecular weight is 310 g/mol. The number of hydrogen-bond donors (Lipinski definition) is 1. The Kier molecular flexibility index (Phi) is 4.78. The van der Waals surface area contributed by atoms with Gasteiger partial charge in [-0.05, 0) is 11.1 Å². The number of nitrogens with zero attached hydrogens (tertiary/aromatic N) is 3. The first-order valence-corrected chi connectivity index (χ1v) is 7.95. The van der Waals surface area contributed by atoms with E-state index in [1.165, 1.54) is 22.7 Å². The lowest BCUT2D eigenvalue weighted by atomic mass is 10.1. The second-order valence-corrected chi connectivity index (χ2v) is 5.99. The van der Waals surface area contributed by atoms with Crippen molar-refractivity contribution in [2.45, 2.75) is 19.6 Å². The van der Waals surface area contributed by atoms with E-state index in [2.05, 4.69) is 63.0 Å². The van der Waals surface area contributed by atoms with Crippen LogP contribution in [0.5, 0.6) is 0 Å². The molecule has 0 spiro atoms. The molecule has 0 aliphatic rings. The molecule has 0 aliphatic carbocycles. The minimum atomic E-state index is 0.700. The van der Waals surface area contributed by atoms with Gasteiger partial charge < -0.3 is 5.73 Å². The van der Waals surface area contributed by atoms with Crippen LogP contribution in [0.15, 0.2) is 60.7 Å². The monoisotopic (exact) mass is 310 g/mol. The van der Waals surface area contributed by atoms with Crippen molar-refractivity contribution < 1.29 is 0 Å². The van der Waals surface area contributed by atoms with Crippen molar-refractivity contribution in [3.05, 3.63) is 77.5 Å². The van der Waals surface area contributed by atoms with E-state index in [0.717, 1.165) is 18.8 Å². The van der Waals surface area contributed by atoms with Crippen LogP contribution in [0.4, 0.5) is 5.00 Å². The molecule has 3 rings (SSSR count). The SMILES string of the molecule is Nc1snnc1CN(Cc1ccccc1)Cc1ccccc1. The first kappa shape index (κ1) is 14.7. The lowest BCUT2D eigenvalue weighted by Gasteiger charge is -2.21. The third-order valence-corrected chi connectivity index (χ3v) is 4.05. The molecule has 2 N–H and O–H groups in total. The lowest BCUT2D eigenvalue weighted by Crippen LogP contribution is -2.23. The predicted molar refractivity (Wildman–Crippen MR) is 90.2 cm³/mol. The van der Waals surface area contributed by atoms with Gasteiger partial charge in [-0.15, -0.1) is 5.10 Å². The van der Waals surface area contributed by atoms with Gasteiger partial charge in [0.15, 0.2) is 0 Å². The number of aromatic nitrogens is 2. The van der Waals surface area contributed by atoms with Crippen LogP contribution < -0.4 is 5.73 Å². The molecule has 112 valence electrons. The van der Waals surface area contributed by atoms with Crippen molar-refractivity contribution >= 4 is 16.5 Å². The van der Waals surface area contributed by atoms with E-state index < -0.39 is 0 Å². The number of nitrogen functional groups attached to an aromatic ring is 1. The second kappa shape index (κ2) is 7.15. The average Bonchev–Trinajstić information content (AvgIpc) is 2.94. The van der Waals surface area contributed by atoms with Crippen LogP contribution in [0.25, 0.3) is 0 Å². The molecule has 22 heavy (non-hydrogen) atoms. The third-order valence-electron chi connectivity index (χ3n) is 3.46. The molecule has 0 aliphatic heterocycles. The van der Waals surface area contributed by atoms with Gasteiger partial charge in [-0.25, -0.2) is 0 Å². The molecule has 0 saturated carbocycles. The fourth-order valence-corrected chi connectivity index (χ4v) is 2.83. The van der Waals surface area contributed by atoms with Gasteiger partial charge in [0.25, 0.3) is 0 Å². The summed E-state index contributed by atoms with van der Waals surface area (Å²) in [5.74, 6) is 0. The number of benzene rings is 2. The second-order valence-electron chi connectivity index (χ2n) is 5.20. The van der Waals surface area contributed by atoms with Crippen LogP contribution in [0.3, 0.4) is 0 Å². The quantitative estimate of drug-likeness (QED) is 0.759. The van der Waals surface area contributed by atoms with Gasteiger partial charge in [0.2, 0.25) is 0 Å². The highest BCUT2D eigenvalue weighted by atomic mass is 32.1. The standard InChI is InChI=1S/C17H18N4S/c18-17-16(19-20-22-17)13-21(11-14-7-3-1-4-8-14)12-15-9-5-2-6-10-15/h1-10H,11-13,18H2. The fraction of sp³-hybridized carbons (Fsp3) is 0.176. The molecule has 0 unspecified atom stereocenters. The van der Waals surface area contributed by atoms with Crippen LogP contribution in [-0.2, 0) is 19.6 Å². The molecule has 0 radical (unpaired) electrons. The number of nitrogens with two attached hydrogens (primary N) is 1. The molecule has 0 bridgehead atoms. The summed E-state index contributed by atoms with van der Waals surface area (Å²) in [6.45, 7) is 2.41. The molecule has 4 nitrogen and oxygen atoms in total. The summed E-state index contributed by atoms with van der Waals surface area (Å²) in [5, 5.41) is 4.84. The Morgan fingerprint density at radius 3 is 1.82 bits per heavy atom. The maximum Gasteiger partial charge on any atom is 0.132 e. The normalized spacial score (nSPS) is 11.0. The summed E-state index contributed by atoms with van der Waals surface area (Å²) in [4.78, 5) is 2.33. The maximum absolute atomic E-state index is 5.94. The van der Waals surface area contributed by atoms with E-state index in [-0.39, 0.29) is 0 Å². The molecule has 5 heteroatoms. The van der Waals surface area contributed by atoms with Gasteiger partial charge in [0.05, 0.1) is 0 Å². The molecule has 0 atom stereocenters. The van der Waals surface area contributed by atoms with E-state index in [9.17, 15) is 0 Å². The molecule has 1 aromatic heterocycles. The molecule has 3 aromatic rings. The summed E-state index contributed by atoms with van der Waals surface area (Å²) in [5.41, 5.74) is 9.36. The van der Waals surface area contributed by atoms with E-state index in [1.54, 1.807) is 0 Å². The summed E-state index contributed by atoms with van der Waals surface area (Å²) in [7, 11) is 0. The lowest BCUT2D eigenvalue weighted by molar-refractivity contribution is 0.245. The van der Waals surface area contributed by atoms with Crippen molar-refractivity contribution in [2.24, 2.45) is 0 Å². The Morgan fingerprint density at radius 1 is 0.818 bits per heavy atom. The molecule has 2 aromatic carbocycles. The highest BCUT2D eigenvalue weighted by Crippen LogP contribution is 2.18. The zero-order valence-electron chi connectivity index (χ0n) is 12.2. The first-order valence-electron chi connectivity index (χ1n) is 7.18. The van der Waals surface area contributed by atoms with E-state index in [4.69, 9.17) is 5.73 Å². The summed E-state index contributed by atoms with van der Waals surface area (Å²) in [6.07, 6.45) is 0. The Labute approximate surface area is 134 Å². The van der Waals surface area contributed by atoms with E-state index in [1.807, 2.05) is 12.1 Å². The summed E-state index contributed by atoms with van der Waals surface area (Å²) < 4.78 is 3.93. The summed E-state index contributed by atoms with van der Waals surface area (Å²) >= 11 is 1.25. The zero-order valence-corrected chi connectivity index (χ0v) is 13.0. The number of rotatable bonds is 6. The van der Waals surface area contributed by atoms with Crippen LogP contribution >= 0.6 is 11.5 Å². The van der Waals surface area contributed by atoms with E-state index >= 15 is 0 Å². The fourth-order valence-electron chi connectivity index (χ4n) is 2.39. The summed E-state index contributed by atoms with van der Waals surface area (Å²) in [6, 6.07) is 20.9. The Morgan fingerprint density at radius 2 is 1.36 bits per heavy atom. The van der Waals surface area contributed by atoms with Crippen LogP contribution in [-0.4, -0.2) is 14.5 Å². The number of anilines is 1. The van der Waals surface area contributed by atoms with Crippen molar-refractivity contribution in [2.75, 3.05) is 5.73 Å². The van der Waals surface area contributed by atoms with Gasteiger partial charge in [-0.1, -0.05) is 65.2 Å². The van der Waals surface area contributed by atoms with E-state index in [0.29, 0.717) is 11.5 Å². The van der Waals surface area contributed by atoms with Gasteiger partial charge in [-0.2, -0.15) is 0 Å². The first-order chi connectivity index (χ1) is 10.8. The maximum atomic E-state index is 5.94. The Bertz CT molecular complexity index is 655. The largest absolute Gasteiger partial charge is 0.388 e. The van der Waals surface area contributed by atoms with Crippen LogP contribution in [0, 0.1) is 0 Å². The molecule has 1 heterocycles.